The Balaban J connectivity index is 0.625. The minimum atomic E-state index is -0.293. The van der Waals surface area contributed by atoms with Crippen molar-refractivity contribution in [3.63, 3.8) is 0 Å². The number of unbranched alkanes of at least 4 members (excludes halogenated alkanes) is 1. The van der Waals surface area contributed by atoms with Crippen LogP contribution >= 0.6 is 0 Å². The number of aromatic nitrogens is 2. The lowest BCUT2D eigenvalue weighted by molar-refractivity contribution is -0.106. The van der Waals surface area contributed by atoms with Crippen molar-refractivity contribution in [2.45, 2.75) is 162 Å². The highest BCUT2D eigenvalue weighted by Gasteiger charge is 2.53. The van der Waals surface area contributed by atoms with Crippen molar-refractivity contribution >= 4 is 34.1 Å². The van der Waals surface area contributed by atoms with E-state index in [1.165, 1.54) is 105 Å². The number of nitrogens with zero attached hydrogens (tertiary/aromatic N) is 4. The number of benzene rings is 10. The van der Waals surface area contributed by atoms with Crippen LogP contribution in [0.2, 0.25) is 0 Å². The molecule has 10 aromatic carbocycles. The Hall–Kier alpha value is -9.10. The summed E-state index contributed by atoms with van der Waals surface area (Å²) in [4.78, 5) is 4.77. The summed E-state index contributed by atoms with van der Waals surface area (Å²) in [6, 6.07) is 81.8. The van der Waals surface area contributed by atoms with E-state index in [1.54, 1.807) is 22.3 Å². The van der Waals surface area contributed by atoms with Gasteiger partial charge in [0, 0.05) is 72.3 Å². The third-order valence-corrected chi connectivity index (χ3v) is 22.9. The molecule has 11 aromatic rings. The van der Waals surface area contributed by atoms with E-state index in [0.717, 1.165) is 71.3 Å². The molecule has 484 valence electrons. The molecule has 96 heavy (non-hydrogen) atoms. The summed E-state index contributed by atoms with van der Waals surface area (Å²) >= 11 is 0. The number of hydrogen-bond donors (Lipinski definition) is 0. The van der Waals surface area contributed by atoms with Gasteiger partial charge in [0.2, 0.25) is 11.8 Å². The average molecular weight is 1260 g/mol. The highest BCUT2D eigenvalue weighted by molar-refractivity contribution is 5.88. The van der Waals surface area contributed by atoms with Gasteiger partial charge in [-0.1, -0.05) is 203 Å². The Morgan fingerprint density at radius 1 is 0.406 bits per heavy atom. The van der Waals surface area contributed by atoms with Crippen molar-refractivity contribution in [3.8, 4) is 34.0 Å². The van der Waals surface area contributed by atoms with Crippen molar-refractivity contribution in [3.05, 3.63) is 296 Å². The second kappa shape index (κ2) is 23.9. The molecule has 1 spiro atoms. The third kappa shape index (κ3) is 11.1. The van der Waals surface area contributed by atoms with Crippen LogP contribution in [0, 0.1) is 19.3 Å². The lowest BCUT2D eigenvalue weighted by Gasteiger charge is -2.38. The molecule has 6 nitrogen and oxygen atoms in total. The minimum absolute atomic E-state index is 0.0463. The molecule has 0 radical (unpaired) electrons. The van der Waals surface area contributed by atoms with Crippen molar-refractivity contribution < 1.29 is 9.15 Å². The van der Waals surface area contributed by atoms with E-state index in [9.17, 15) is 0 Å². The van der Waals surface area contributed by atoms with E-state index in [2.05, 4.69) is 321 Å². The zero-order chi connectivity index (χ0) is 66.5. The first-order valence-corrected chi connectivity index (χ1v) is 35.2. The van der Waals surface area contributed by atoms with Crippen molar-refractivity contribution in [1.82, 2.24) is 10.2 Å². The Morgan fingerprint density at radius 3 is 1.23 bits per heavy atom. The van der Waals surface area contributed by atoms with Gasteiger partial charge in [0.15, 0.2) is 0 Å². The van der Waals surface area contributed by atoms with Crippen molar-refractivity contribution in [2.75, 3.05) is 23.0 Å². The summed E-state index contributed by atoms with van der Waals surface area (Å²) in [6.07, 6.45) is 9.62. The number of ether oxygens (including phenoxy) is 1. The molecule has 15 rings (SSSR count). The van der Waals surface area contributed by atoms with Gasteiger partial charge in [0.05, 0.1) is 13.2 Å². The normalized spacial score (nSPS) is 16.1. The van der Waals surface area contributed by atoms with Crippen molar-refractivity contribution in [1.29, 1.82) is 0 Å². The molecule has 0 bridgehead atoms. The van der Waals surface area contributed by atoms with Crippen LogP contribution in [0.15, 0.2) is 223 Å². The number of rotatable bonds is 19. The molecule has 6 heteroatoms. The standard InChI is InChI=1S/C90H92N4O2/c1-59-16-37-70(38-17-59)93(71-39-19-61(20-40-71)15-13-14-54-89(12)57-95-58-89)73-43-31-67(32-44-73)86(6,7)65-25-21-62(22-26-65)83-91-92-84(96-83)63-23-27-66(28-24-63)87(8,9)68-33-45-74(46-34-68)94(72-41-29-64(30-42-72)85(3,4)5)75-47-35-69(36-48-75)88(10,11)80-51-50-78-77-49-18-60(2)76-52-55-90(81(76)77)56-53-79(80)82(78)90/h16-51H,13-15,52-58H2,1-12H3/t90-/m1/s1. The molecule has 2 heterocycles. The summed E-state index contributed by atoms with van der Waals surface area (Å²) in [7, 11) is 0. The van der Waals surface area contributed by atoms with Crippen LogP contribution in [-0.2, 0) is 51.1 Å². The predicted molar refractivity (Wildman–Crippen MR) is 398 cm³/mol. The van der Waals surface area contributed by atoms with E-state index in [4.69, 9.17) is 9.15 Å². The number of hydrogen-bond acceptors (Lipinski definition) is 6. The lowest BCUT2D eigenvalue weighted by atomic mass is 9.74. The SMILES string of the molecule is Cc1ccc(N(c2ccc(CCCCC3(C)COC3)cc2)c2ccc(C(C)(C)c3ccc(-c4nnc(-c5ccc(C(C)(C)c6ccc(N(c7ccc(C(C)(C)C)cc7)c7ccc(C(C)(C)c8ccc9c%10c8CC[C@@]%108CCc%10c(C)ccc-9c%108)cc7)cc6)cc5)o4)cc3)cc2)cc1. The topological polar surface area (TPSA) is 54.6 Å². The number of fused-ring (bicyclic) bond motifs is 1. The zero-order valence-corrected chi connectivity index (χ0v) is 58.5. The first-order chi connectivity index (χ1) is 46.1. The van der Waals surface area contributed by atoms with Gasteiger partial charge in [0.25, 0.3) is 0 Å². The molecule has 1 atom stereocenters. The minimum Gasteiger partial charge on any atom is -0.416 e. The van der Waals surface area contributed by atoms with Crippen LogP contribution < -0.4 is 9.80 Å². The molecule has 3 aliphatic carbocycles. The fourth-order valence-corrected chi connectivity index (χ4v) is 16.6. The van der Waals surface area contributed by atoms with Crippen molar-refractivity contribution in [2.24, 2.45) is 5.41 Å². The monoisotopic (exact) mass is 1260 g/mol. The molecule has 0 N–H and O–H groups in total. The second-order valence-corrected chi connectivity index (χ2v) is 31.4. The fourth-order valence-electron chi connectivity index (χ4n) is 16.6. The summed E-state index contributed by atoms with van der Waals surface area (Å²) in [6.45, 7) is 29.5. The Kier molecular flexibility index (Phi) is 15.7. The quantitative estimate of drug-likeness (QED) is 0.0752. The molecular formula is C90H92N4O2. The fraction of sp³-hybridized carbons (Fsp3) is 0.311. The first kappa shape index (κ1) is 63.0. The predicted octanol–water partition coefficient (Wildman–Crippen LogP) is 23.1. The van der Waals surface area contributed by atoms with Crippen LogP contribution in [0.3, 0.4) is 0 Å². The number of anilines is 6. The van der Waals surface area contributed by atoms with E-state index >= 15 is 0 Å². The van der Waals surface area contributed by atoms with Gasteiger partial charge in [-0.05, 0) is 245 Å². The maximum absolute atomic E-state index is 6.42. The van der Waals surface area contributed by atoms with Gasteiger partial charge in [-0.3, -0.25) is 0 Å². The van der Waals surface area contributed by atoms with Crippen LogP contribution in [0.4, 0.5) is 34.1 Å². The largest absolute Gasteiger partial charge is 0.416 e. The first-order valence-electron chi connectivity index (χ1n) is 35.2. The summed E-state index contributed by atoms with van der Waals surface area (Å²) < 4.78 is 11.9. The maximum atomic E-state index is 6.42. The molecule has 1 saturated heterocycles. The van der Waals surface area contributed by atoms with Gasteiger partial charge in [-0.15, -0.1) is 10.2 Å². The number of aryl methyl sites for hydroxylation is 3. The van der Waals surface area contributed by atoms with Crippen LogP contribution in [0.5, 0.6) is 0 Å². The summed E-state index contributed by atoms with van der Waals surface area (Å²) in [5, 5.41) is 9.12. The summed E-state index contributed by atoms with van der Waals surface area (Å²) in [5.41, 5.74) is 31.1. The molecule has 0 saturated carbocycles. The van der Waals surface area contributed by atoms with E-state index < -0.39 is 0 Å². The van der Waals surface area contributed by atoms with Crippen LogP contribution in [0.25, 0.3) is 34.0 Å². The second-order valence-electron chi connectivity index (χ2n) is 31.4. The lowest BCUT2D eigenvalue weighted by Crippen LogP contribution is -2.39. The average Bonchev–Trinajstić information content (AvgIpc) is 1.51. The van der Waals surface area contributed by atoms with Crippen LogP contribution in [0.1, 0.15) is 179 Å². The third-order valence-electron chi connectivity index (χ3n) is 22.9. The zero-order valence-electron chi connectivity index (χ0n) is 58.5. The van der Waals surface area contributed by atoms with Gasteiger partial charge in [0.1, 0.15) is 0 Å². The van der Waals surface area contributed by atoms with Gasteiger partial charge < -0.3 is 19.0 Å². The van der Waals surface area contributed by atoms with E-state index in [0.29, 0.717) is 17.2 Å². The molecule has 1 fully saturated rings. The molecular weight excluding hydrogens is 1170 g/mol. The molecule has 1 aromatic heterocycles. The molecule has 4 aliphatic rings. The molecule has 1 aliphatic heterocycles. The van der Waals surface area contributed by atoms with Gasteiger partial charge >= 0.3 is 0 Å². The van der Waals surface area contributed by atoms with E-state index in [-0.39, 0.29) is 27.1 Å². The molecule has 0 unspecified atom stereocenters. The van der Waals surface area contributed by atoms with E-state index in [1.807, 2.05) is 0 Å². The van der Waals surface area contributed by atoms with Gasteiger partial charge in [-0.2, -0.15) is 0 Å². The smallest absolute Gasteiger partial charge is 0.248 e. The Labute approximate surface area is 570 Å². The van der Waals surface area contributed by atoms with Gasteiger partial charge in [-0.25, -0.2) is 0 Å². The highest BCUT2D eigenvalue weighted by atomic mass is 16.5. The maximum Gasteiger partial charge on any atom is 0.248 e. The highest BCUT2D eigenvalue weighted by Crippen LogP contribution is 2.64. The Morgan fingerprint density at radius 2 is 0.792 bits per heavy atom. The van der Waals surface area contributed by atoms with Crippen LogP contribution in [-0.4, -0.2) is 23.4 Å². The summed E-state index contributed by atoms with van der Waals surface area (Å²) in [5.74, 6) is 0.991. The molecule has 0 amide bonds. The Bertz CT molecular complexity index is 4660.